The zero-order valence-electron chi connectivity index (χ0n) is 16.8. The van der Waals surface area contributed by atoms with Gasteiger partial charge in [-0.05, 0) is 17.7 Å². The van der Waals surface area contributed by atoms with E-state index in [2.05, 4.69) is 4.98 Å². The van der Waals surface area contributed by atoms with Gasteiger partial charge in [-0.15, -0.1) is 11.3 Å². The summed E-state index contributed by atoms with van der Waals surface area (Å²) in [4.78, 5) is 17.6. The highest BCUT2D eigenvalue weighted by molar-refractivity contribution is 7.13. The standard InChI is InChI=1S/C24H22N2O3S/c1-24(23(27)26(2)28,21-14-8-12-17-9-6-7-13-20(17)21)29-15-19-16-30-22(25-19)18-10-4-3-5-11-18/h3-14,16,28H,15H2,1-2H3. The van der Waals surface area contributed by atoms with Gasteiger partial charge in [-0.3, -0.25) is 10.0 Å². The minimum atomic E-state index is -1.37. The second kappa shape index (κ2) is 8.36. The van der Waals surface area contributed by atoms with E-state index >= 15 is 0 Å². The molecule has 0 aliphatic carbocycles. The summed E-state index contributed by atoms with van der Waals surface area (Å²) in [6, 6.07) is 23.5. The van der Waals surface area contributed by atoms with Crippen LogP contribution < -0.4 is 0 Å². The highest BCUT2D eigenvalue weighted by Crippen LogP contribution is 2.34. The molecule has 30 heavy (non-hydrogen) atoms. The third kappa shape index (κ3) is 3.85. The van der Waals surface area contributed by atoms with Crippen LogP contribution in [0.15, 0.2) is 78.2 Å². The van der Waals surface area contributed by atoms with Crippen molar-refractivity contribution in [2.45, 2.75) is 19.1 Å². The molecule has 0 spiro atoms. The van der Waals surface area contributed by atoms with Gasteiger partial charge in [0.05, 0.1) is 12.3 Å². The molecule has 0 radical (unpaired) electrons. The lowest BCUT2D eigenvalue weighted by Gasteiger charge is -2.31. The molecule has 1 amide bonds. The SMILES string of the molecule is CN(O)C(=O)C(C)(OCc1csc(-c2ccccc2)n1)c1cccc2ccccc12. The van der Waals surface area contributed by atoms with Gasteiger partial charge in [-0.1, -0.05) is 72.8 Å². The number of hydroxylamine groups is 2. The van der Waals surface area contributed by atoms with Gasteiger partial charge in [0.15, 0.2) is 5.60 Å². The molecule has 4 rings (SSSR count). The molecular weight excluding hydrogens is 396 g/mol. The van der Waals surface area contributed by atoms with Gasteiger partial charge in [0, 0.05) is 23.6 Å². The summed E-state index contributed by atoms with van der Waals surface area (Å²) in [6.07, 6.45) is 0. The van der Waals surface area contributed by atoms with Crippen LogP contribution in [0.4, 0.5) is 0 Å². The lowest BCUT2D eigenvalue weighted by Crippen LogP contribution is -2.44. The number of benzene rings is 3. The van der Waals surface area contributed by atoms with Crippen molar-refractivity contribution in [1.82, 2.24) is 10.0 Å². The minimum absolute atomic E-state index is 0.142. The fourth-order valence-corrected chi connectivity index (χ4v) is 4.32. The normalized spacial score (nSPS) is 13.2. The lowest BCUT2D eigenvalue weighted by molar-refractivity contribution is -0.187. The maximum absolute atomic E-state index is 13.0. The number of hydrogen-bond acceptors (Lipinski definition) is 5. The molecule has 0 bridgehead atoms. The molecule has 3 aromatic carbocycles. The van der Waals surface area contributed by atoms with Crippen LogP contribution in [-0.2, 0) is 21.7 Å². The number of amides is 1. The van der Waals surface area contributed by atoms with Gasteiger partial charge in [0.2, 0.25) is 0 Å². The largest absolute Gasteiger partial charge is 0.354 e. The summed E-state index contributed by atoms with van der Waals surface area (Å²) in [6.45, 7) is 1.83. The summed E-state index contributed by atoms with van der Waals surface area (Å²) in [7, 11) is 1.31. The summed E-state index contributed by atoms with van der Waals surface area (Å²) in [5, 5.41) is 15.2. The molecule has 152 valence electrons. The van der Waals surface area contributed by atoms with Crippen molar-refractivity contribution >= 4 is 28.0 Å². The van der Waals surface area contributed by atoms with Crippen molar-refractivity contribution in [3.63, 3.8) is 0 Å². The summed E-state index contributed by atoms with van der Waals surface area (Å²) < 4.78 is 6.18. The first kappa shape index (κ1) is 20.2. The Kier molecular flexibility index (Phi) is 5.63. The Bertz CT molecular complexity index is 1170. The molecular formula is C24H22N2O3S. The summed E-state index contributed by atoms with van der Waals surface area (Å²) >= 11 is 1.53. The molecule has 1 unspecified atom stereocenters. The average molecular weight is 419 g/mol. The third-order valence-electron chi connectivity index (χ3n) is 5.09. The number of thiazole rings is 1. The molecule has 0 saturated carbocycles. The molecule has 1 N–H and O–H groups in total. The molecule has 0 aliphatic rings. The van der Waals surface area contributed by atoms with Crippen molar-refractivity contribution < 1.29 is 14.7 Å². The van der Waals surface area contributed by atoms with Crippen LogP contribution in [0.5, 0.6) is 0 Å². The minimum Gasteiger partial charge on any atom is -0.354 e. The Hall–Kier alpha value is -3.06. The van der Waals surface area contributed by atoms with Crippen molar-refractivity contribution in [2.24, 2.45) is 0 Å². The predicted octanol–water partition coefficient (Wildman–Crippen LogP) is 5.24. The van der Waals surface area contributed by atoms with E-state index in [0.29, 0.717) is 10.6 Å². The Morgan fingerprint density at radius 2 is 1.77 bits per heavy atom. The third-order valence-corrected chi connectivity index (χ3v) is 6.03. The van der Waals surface area contributed by atoms with E-state index in [4.69, 9.17) is 4.74 Å². The van der Waals surface area contributed by atoms with Crippen LogP contribution in [0.3, 0.4) is 0 Å². The zero-order valence-corrected chi connectivity index (χ0v) is 17.6. The van der Waals surface area contributed by atoms with E-state index in [-0.39, 0.29) is 6.61 Å². The lowest BCUT2D eigenvalue weighted by atomic mass is 9.89. The van der Waals surface area contributed by atoms with Gasteiger partial charge >= 0.3 is 0 Å². The summed E-state index contributed by atoms with van der Waals surface area (Å²) in [5.74, 6) is -0.544. The fraction of sp³-hybridized carbons (Fsp3) is 0.167. The van der Waals surface area contributed by atoms with E-state index in [1.807, 2.05) is 78.2 Å². The second-order valence-electron chi connectivity index (χ2n) is 7.19. The van der Waals surface area contributed by atoms with E-state index in [1.54, 1.807) is 6.92 Å². The van der Waals surface area contributed by atoms with Crippen LogP contribution in [-0.4, -0.2) is 28.2 Å². The number of hydrogen-bond donors (Lipinski definition) is 1. The van der Waals surface area contributed by atoms with E-state index in [9.17, 15) is 10.0 Å². The van der Waals surface area contributed by atoms with Gasteiger partial charge in [0.25, 0.3) is 5.91 Å². The molecule has 0 saturated heterocycles. The smallest absolute Gasteiger partial charge is 0.282 e. The highest BCUT2D eigenvalue weighted by atomic mass is 32.1. The quantitative estimate of drug-likeness (QED) is 0.343. The van der Waals surface area contributed by atoms with Gasteiger partial charge in [-0.25, -0.2) is 10.0 Å². The Labute approximate surface area is 179 Å². The molecule has 0 fully saturated rings. The van der Waals surface area contributed by atoms with Crippen LogP contribution in [0.1, 0.15) is 18.2 Å². The fourth-order valence-electron chi connectivity index (χ4n) is 3.51. The van der Waals surface area contributed by atoms with Crippen LogP contribution in [0, 0.1) is 0 Å². The number of rotatable bonds is 6. The topological polar surface area (TPSA) is 62.7 Å². The average Bonchev–Trinajstić information content (AvgIpc) is 3.26. The first-order valence-electron chi connectivity index (χ1n) is 9.58. The molecule has 1 atom stereocenters. The predicted molar refractivity (Wildman–Crippen MR) is 118 cm³/mol. The highest BCUT2D eigenvalue weighted by Gasteiger charge is 2.40. The Morgan fingerprint density at radius 1 is 1.07 bits per heavy atom. The van der Waals surface area contributed by atoms with Crippen molar-refractivity contribution in [1.29, 1.82) is 0 Å². The van der Waals surface area contributed by atoms with Crippen molar-refractivity contribution in [3.05, 3.63) is 89.4 Å². The van der Waals surface area contributed by atoms with Gasteiger partial charge in [-0.2, -0.15) is 0 Å². The zero-order chi connectivity index (χ0) is 21.1. The number of ether oxygens (including phenoxy) is 1. The number of likely N-dealkylation sites (N-methyl/N-ethyl adjacent to an activating group) is 1. The Balaban J connectivity index is 1.67. The van der Waals surface area contributed by atoms with Gasteiger partial charge < -0.3 is 4.74 Å². The van der Waals surface area contributed by atoms with Crippen LogP contribution in [0.25, 0.3) is 21.3 Å². The second-order valence-corrected chi connectivity index (χ2v) is 8.05. The molecule has 4 aromatic rings. The molecule has 1 heterocycles. The maximum atomic E-state index is 13.0. The molecule has 6 heteroatoms. The van der Waals surface area contributed by atoms with E-state index < -0.39 is 11.5 Å². The van der Waals surface area contributed by atoms with Gasteiger partial charge in [0.1, 0.15) is 5.01 Å². The molecule has 0 aliphatic heterocycles. The van der Waals surface area contributed by atoms with E-state index in [1.165, 1.54) is 18.4 Å². The summed E-state index contributed by atoms with van der Waals surface area (Å²) in [5.41, 5.74) is 1.10. The number of aromatic nitrogens is 1. The van der Waals surface area contributed by atoms with E-state index in [0.717, 1.165) is 27.0 Å². The first-order chi connectivity index (χ1) is 14.5. The van der Waals surface area contributed by atoms with Crippen LogP contribution >= 0.6 is 11.3 Å². The maximum Gasteiger partial charge on any atom is 0.282 e. The number of carbonyl (C=O) groups excluding carboxylic acids is 1. The first-order valence-corrected chi connectivity index (χ1v) is 10.5. The van der Waals surface area contributed by atoms with Crippen LogP contribution in [0.2, 0.25) is 0 Å². The van der Waals surface area contributed by atoms with Crippen molar-refractivity contribution in [2.75, 3.05) is 7.05 Å². The molecule has 1 aromatic heterocycles. The number of carbonyl (C=O) groups is 1. The Morgan fingerprint density at radius 3 is 2.53 bits per heavy atom. The monoisotopic (exact) mass is 418 g/mol. The van der Waals surface area contributed by atoms with Crippen molar-refractivity contribution in [3.8, 4) is 10.6 Å². The number of nitrogens with zero attached hydrogens (tertiary/aromatic N) is 2. The number of fused-ring (bicyclic) bond motifs is 1. The molecule has 5 nitrogen and oxygen atoms in total.